The third-order valence-corrected chi connectivity index (χ3v) is 4.89. The van der Waals surface area contributed by atoms with Gasteiger partial charge in [0.25, 0.3) is 0 Å². The van der Waals surface area contributed by atoms with Crippen LogP contribution in [0.25, 0.3) is 10.9 Å². The molecule has 6 nitrogen and oxygen atoms in total. The van der Waals surface area contributed by atoms with Crippen molar-refractivity contribution in [2.45, 2.75) is 63.6 Å². The number of methoxy groups -OCH3 is 1. The van der Waals surface area contributed by atoms with Gasteiger partial charge in [0.15, 0.2) is 0 Å². The molecule has 1 unspecified atom stereocenters. The minimum absolute atomic E-state index is 0.0240. The summed E-state index contributed by atoms with van der Waals surface area (Å²) in [6, 6.07) is 7.98. The van der Waals surface area contributed by atoms with Crippen LogP contribution in [0.1, 0.15) is 51.4 Å². The highest BCUT2D eigenvalue weighted by Crippen LogP contribution is 2.19. The van der Waals surface area contributed by atoms with Crippen LogP contribution in [-0.2, 0) is 9.53 Å². The van der Waals surface area contributed by atoms with Gasteiger partial charge in [0.1, 0.15) is 11.9 Å². The first-order valence-corrected chi connectivity index (χ1v) is 9.80. The summed E-state index contributed by atoms with van der Waals surface area (Å²) in [6.45, 7) is -0.0240. The summed E-state index contributed by atoms with van der Waals surface area (Å²) in [5, 5.41) is 9.77. The van der Waals surface area contributed by atoms with Gasteiger partial charge in [0.2, 0.25) is 5.91 Å². The zero-order chi connectivity index (χ0) is 19.5. The van der Waals surface area contributed by atoms with Crippen molar-refractivity contribution in [2.75, 3.05) is 13.7 Å². The van der Waals surface area contributed by atoms with Crippen LogP contribution in [0.15, 0.2) is 30.5 Å². The molecule has 2 heterocycles. The van der Waals surface area contributed by atoms with Crippen molar-refractivity contribution >= 4 is 16.8 Å². The molecular weight excluding hydrogens is 344 g/mol. The fraction of sp³-hybridized carbons (Fsp3) is 0.571. The van der Waals surface area contributed by atoms with E-state index < -0.39 is 12.0 Å². The highest BCUT2D eigenvalue weighted by molar-refractivity contribution is 5.80. The molecule has 2 aliphatic rings. The van der Waals surface area contributed by atoms with E-state index in [4.69, 9.17) is 20.3 Å². The second kappa shape index (κ2) is 11.6. The lowest BCUT2D eigenvalue weighted by molar-refractivity contribution is -0.129. The number of ether oxygens (including phenoxy) is 2. The lowest BCUT2D eigenvalue weighted by Crippen LogP contribution is -2.29. The molecule has 1 aliphatic heterocycles. The van der Waals surface area contributed by atoms with Crippen molar-refractivity contribution in [3.05, 3.63) is 30.5 Å². The summed E-state index contributed by atoms with van der Waals surface area (Å²) in [6.07, 6.45) is 11.6. The molecule has 0 spiro atoms. The number of carbonyl (C=O) groups excluding carboxylic acids is 1. The van der Waals surface area contributed by atoms with Crippen molar-refractivity contribution < 1.29 is 19.4 Å². The zero-order valence-electron chi connectivity index (χ0n) is 16.2. The average molecular weight is 376 g/mol. The minimum atomic E-state index is -0.475. The lowest BCUT2D eigenvalue weighted by atomic mass is 10.0. The smallest absolute Gasteiger partial charge is 0.246 e. The quantitative estimate of drug-likeness (QED) is 0.763. The van der Waals surface area contributed by atoms with E-state index in [-0.39, 0.29) is 12.7 Å². The SMILES string of the molecule is C1CCCCC1.COc1ccc2[nH]ccc2c1.NC(=O)[C@@H]1CCC(CO)O1. The topological polar surface area (TPSA) is 97.6 Å². The molecule has 0 bridgehead atoms. The van der Waals surface area contributed by atoms with Crippen LogP contribution in [0.5, 0.6) is 5.75 Å². The largest absolute Gasteiger partial charge is 0.497 e. The first-order valence-electron chi connectivity index (χ1n) is 9.80. The van der Waals surface area contributed by atoms with E-state index in [0.29, 0.717) is 6.42 Å². The van der Waals surface area contributed by atoms with Gasteiger partial charge in [-0.2, -0.15) is 0 Å². The average Bonchev–Trinajstić information content (AvgIpc) is 3.39. The number of benzene rings is 1. The van der Waals surface area contributed by atoms with E-state index in [0.717, 1.165) is 17.7 Å². The number of rotatable bonds is 3. The van der Waals surface area contributed by atoms with E-state index in [1.54, 1.807) is 7.11 Å². The summed E-state index contributed by atoms with van der Waals surface area (Å²) in [4.78, 5) is 13.6. The summed E-state index contributed by atoms with van der Waals surface area (Å²) < 4.78 is 10.1. The van der Waals surface area contributed by atoms with Gasteiger partial charge in [0.05, 0.1) is 19.8 Å². The highest BCUT2D eigenvalue weighted by Gasteiger charge is 2.28. The Kier molecular flexibility index (Phi) is 9.15. The molecule has 27 heavy (non-hydrogen) atoms. The maximum atomic E-state index is 10.5. The van der Waals surface area contributed by atoms with Crippen LogP contribution >= 0.6 is 0 Å². The van der Waals surface area contributed by atoms with Crippen LogP contribution in [-0.4, -0.2) is 41.9 Å². The number of aromatic nitrogens is 1. The Balaban J connectivity index is 0.000000152. The monoisotopic (exact) mass is 376 g/mol. The Morgan fingerprint density at radius 1 is 1.19 bits per heavy atom. The molecule has 1 saturated heterocycles. The Hall–Kier alpha value is -2.05. The van der Waals surface area contributed by atoms with Crippen molar-refractivity contribution in [1.29, 1.82) is 0 Å². The Morgan fingerprint density at radius 2 is 1.85 bits per heavy atom. The van der Waals surface area contributed by atoms with E-state index in [2.05, 4.69) is 4.98 Å². The first kappa shape index (κ1) is 21.3. The number of H-pyrrole nitrogens is 1. The van der Waals surface area contributed by atoms with Gasteiger partial charge in [0, 0.05) is 17.1 Å². The van der Waals surface area contributed by atoms with Crippen LogP contribution in [0.3, 0.4) is 0 Å². The van der Waals surface area contributed by atoms with Crippen LogP contribution < -0.4 is 10.5 Å². The van der Waals surface area contributed by atoms with Gasteiger partial charge >= 0.3 is 0 Å². The second-order valence-electron chi connectivity index (χ2n) is 6.96. The number of aliphatic hydroxyl groups excluding tert-OH is 1. The molecule has 0 radical (unpaired) electrons. The minimum Gasteiger partial charge on any atom is -0.497 e. The van der Waals surface area contributed by atoms with Crippen LogP contribution in [0.4, 0.5) is 0 Å². The van der Waals surface area contributed by atoms with Gasteiger partial charge in [-0.15, -0.1) is 0 Å². The normalized spacial score (nSPS) is 21.6. The Labute approximate surface area is 161 Å². The number of nitrogens with two attached hydrogens (primary N) is 1. The molecule has 1 aromatic heterocycles. The van der Waals surface area contributed by atoms with Gasteiger partial charge < -0.3 is 25.3 Å². The number of amides is 1. The van der Waals surface area contributed by atoms with Gasteiger partial charge in [-0.05, 0) is 37.1 Å². The number of aromatic amines is 1. The maximum absolute atomic E-state index is 10.5. The van der Waals surface area contributed by atoms with Crippen molar-refractivity contribution in [1.82, 2.24) is 4.98 Å². The molecule has 4 N–H and O–H groups in total. The number of hydrogen-bond donors (Lipinski definition) is 3. The summed E-state index contributed by atoms with van der Waals surface area (Å²) >= 11 is 0. The maximum Gasteiger partial charge on any atom is 0.246 e. The predicted molar refractivity (Wildman–Crippen MR) is 107 cm³/mol. The van der Waals surface area contributed by atoms with Gasteiger partial charge in [-0.25, -0.2) is 0 Å². The number of carbonyl (C=O) groups is 1. The zero-order valence-corrected chi connectivity index (χ0v) is 16.2. The van der Waals surface area contributed by atoms with E-state index in [1.807, 2.05) is 30.5 Å². The fourth-order valence-electron chi connectivity index (χ4n) is 3.27. The molecule has 2 fully saturated rings. The lowest BCUT2D eigenvalue weighted by Gasteiger charge is -2.06. The third-order valence-electron chi connectivity index (χ3n) is 4.89. The highest BCUT2D eigenvalue weighted by atomic mass is 16.5. The van der Waals surface area contributed by atoms with Crippen molar-refractivity contribution in [2.24, 2.45) is 5.73 Å². The van der Waals surface area contributed by atoms with Crippen LogP contribution in [0.2, 0.25) is 0 Å². The summed E-state index contributed by atoms with van der Waals surface area (Å²) in [7, 11) is 1.67. The predicted octanol–water partition coefficient (Wildman–Crippen LogP) is 3.53. The molecule has 1 aliphatic carbocycles. The second-order valence-corrected chi connectivity index (χ2v) is 6.96. The molecule has 2 atom stereocenters. The van der Waals surface area contributed by atoms with E-state index >= 15 is 0 Å². The molecule has 1 amide bonds. The molecule has 1 aromatic carbocycles. The summed E-state index contributed by atoms with van der Waals surface area (Å²) in [5.74, 6) is 0.466. The third kappa shape index (κ3) is 7.23. The van der Waals surface area contributed by atoms with E-state index in [1.165, 1.54) is 43.9 Å². The van der Waals surface area contributed by atoms with Crippen LogP contribution in [0, 0.1) is 0 Å². The first-order chi connectivity index (χ1) is 13.1. The number of fused-ring (bicyclic) bond motifs is 1. The summed E-state index contributed by atoms with van der Waals surface area (Å²) in [5.41, 5.74) is 6.11. The number of hydrogen-bond acceptors (Lipinski definition) is 4. The molecule has 4 rings (SSSR count). The Bertz CT molecular complexity index is 670. The number of aliphatic hydroxyl groups is 1. The van der Waals surface area contributed by atoms with Gasteiger partial charge in [-0.1, -0.05) is 38.5 Å². The molecule has 150 valence electrons. The number of primary amides is 1. The Morgan fingerprint density at radius 3 is 2.33 bits per heavy atom. The molecule has 2 aromatic rings. The standard InChI is InChI=1S/C9H9NO.C6H11NO3.C6H12/c1-11-8-2-3-9-7(6-8)4-5-10-9;7-6(9)5-2-1-4(3-8)10-5;1-2-4-6-5-3-1/h2-6,10H,1H3;4-5,8H,1-3H2,(H2,7,9);1-6H2/t;4?,5-;/m.0./s1. The van der Waals surface area contributed by atoms with Crippen molar-refractivity contribution in [3.63, 3.8) is 0 Å². The fourth-order valence-corrected chi connectivity index (χ4v) is 3.27. The molecule has 1 saturated carbocycles. The van der Waals surface area contributed by atoms with E-state index in [9.17, 15) is 4.79 Å². The number of nitrogens with one attached hydrogen (secondary N) is 1. The molecule has 6 heteroatoms. The van der Waals surface area contributed by atoms with Crippen molar-refractivity contribution in [3.8, 4) is 5.75 Å². The molecular formula is C21H32N2O4. The van der Waals surface area contributed by atoms with Gasteiger partial charge in [-0.3, -0.25) is 4.79 Å².